The van der Waals surface area contributed by atoms with Crippen LogP contribution < -0.4 is 0 Å². The van der Waals surface area contributed by atoms with Crippen molar-refractivity contribution < 1.29 is 9.90 Å². The third-order valence-electron chi connectivity index (χ3n) is 3.52. The number of nitrogens with zero attached hydrogens (tertiary/aromatic N) is 3. The number of pyridine rings is 1. The summed E-state index contributed by atoms with van der Waals surface area (Å²) in [5, 5.41) is 9.41. The lowest BCUT2D eigenvalue weighted by atomic mass is 10.2. The fourth-order valence-corrected chi connectivity index (χ4v) is 3.31. The summed E-state index contributed by atoms with van der Waals surface area (Å²) in [6.45, 7) is 1.88. The summed E-state index contributed by atoms with van der Waals surface area (Å²) in [6.07, 6.45) is 1.42. The maximum absolute atomic E-state index is 11.5. The Morgan fingerprint density at radius 3 is 2.73 bits per heavy atom. The van der Waals surface area contributed by atoms with Crippen molar-refractivity contribution in [2.45, 2.75) is 17.6 Å². The van der Waals surface area contributed by atoms with Gasteiger partial charge in [0.25, 0.3) is 0 Å². The number of aryl methyl sites for hydroxylation is 2. The van der Waals surface area contributed by atoms with E-state index in [1.165, 1.54) is 18.0 Å². The van der Waals surface area contributed by atoms with Gasteiger partial charge in [-0.25, -0.2) is 14.8 Å². The van der Waals surface area contributed by atoms with Crippen molar-refractivity contribution in [1.29, 1.82) is 0 Å². The van der Waals surface area contributed by atoms with Gasteiger partial charge in [-0.3, -0.25) is 0 Å². The number of rotatable bonds is 4. The molecule has 0 unspecified atom stereocenters. The Kier molecular flexibility index (Phi) is 3.85. The number of aromatic carboxylic acids is 1. The van der Waals surface area contributed by atoms with Crippen molar-refractivity contribution in [3.8, 4) is 0 Å². The van der Waals surface area contributed by atoms with E-state index >= 15 is 0 Å². The van der Waals surface area contributed by atoms with Gasteiger partial charge >= 0.3 is 5.97 Å². The van der Waals surface area contributed by atoms with E-state index in [1.54, 1.807) is 0 Å². The normalized spacial score (nSPS) is 11.0. The van der Waals surface area contributed by atoms with E-state index in [2.05, 4.69) is 9.97 Å². The lowest BCUT2D eigenvalue weighted by Gasteiger charge is -2.07. The summed E-state index contributed by atoms with van der Waals surface area (Å²) in [5.41, 5.74) is 2.70. The minimum absolute atomic E-state index is 0.200. The Balaban J connectivity index is 2.06. The van der Waals surface area contributed by atoms with Crippen molar-refractivity contribution in [3.63, 3.8) is 0 Å². The van der Waals surface area contributed by atoms with Crippen LogP contribution in [-0.4, -0.2) is 25.6 Å². The number of benzene rings is 1. The molecular weight excluding hydrogens is 298 g/mol. The van der Waals surface area contributed by atoms with Gasteiger partial charge in [-0.1, -0.05) is 30.3 Å². The zero-order valence-electron chi connectivity index (χ0n) is 12.3. The number of carboxylic acid groups (broad SMARTS) is 1. The number of imidazole rings is 1. The van der Waals surface area contributed by atoms with Crippen LogP contribution in [0.4, 0.5) is 0 Å². The fraction of sp³-hybridized carbons (Fsp3) is 0.188. The second kappa shape index (κ2) is 5.81. The molecule has 3 aromatic rings. The molecule has 5 nitrogen and oxygen atoms in total. The first-order valence-electron chi connectivity index (χ1n) is 6.80. The van der Waals surface area contributed by atoms with Gasteiger partial charge in [0.15, 0.2) is 5.65 Å². The Hall–Kier alpha value is -2.34. The molecule has 0 aliphatic carbocycles. The molecule has 0 amide bonds. The lowest BCUT2D eigenvalue weighted by Crippen LogP contribution is -2.02. The Bertz CT molecular complexity index is 843. The lowest BCUT2D eigenvalue weighted by molar-refractivity contribution is 0.0693. The molecule has 22 heavy (non-hydrogen) atoms. The molecule has 6 heteroatoms. The molecule has 0 atom stereocenters. The molecule has 0 bridgehead atoms. The molecule has 2 aromatic heterocycles. The van der Waals surface area contributed by atoms with E-state index in [1.807, 2.05) is 48.9 Å². The van der Waals surface area contributed by atoms with Crippen LogP contribution in [0.15, 0.2) is 41.4 Å². The second-order valence-electron chi connectivity index (χ2n) is 4.97. The summed E-state index contributed by atoms with van der Waals surface area (Å²) in [6, 6.07) is 9.96. The van der Waals surface area contributed by atoms with Crippen LogP contribution in [0.1, 0.15) is 21.7 Å². The number of carbonyl (C=O) groups is 1. The van der Waals surface area contributed by atoms with E-state index in [4.69, 9.17) is 0 Å². The molecule has 0 radical (unpaired) electrons. The number of fused-ring (bicyclic) bond motifs is 1. The first-order valence-corrected chi connectivity index (χ1v) is 7.78. The Morgan fingerprint density at radius 2 is 2.05 bits per heavy atom. The van der Waals surface area contributed by atoms with E-state index in [9.17, 15) is 9.90 Å². The summed E-state index contributed by atoms with van der Waals surface area (Å²) in [4.78, 5) is 20.9. The van der Waals surface area contributed by atoms with Gasteiger partial charge in [0.2, 0.25) is 0 Å². The smallest absolute Gasteiger partial charge is 0.338 e. The molecule has 0 saturated carbocycles. The van der Waals surface area contributed by atoms with Crippen molar-refractivity contribution in [1.82, 2.24) is 14.5 Å². The largest absolute Gasteiger partial charge is 0.478 e. The average molecular weight is 313 g/mol. The van der Waals surface area contributed by atoms with Crippen molar-refractivity contribution >= 4 is 28.9 Å². The minimum Gasteiger partial charge on any atom is -0.478 e. The summed E-state index contributed by atoms with van der Waals surface area (Å²) in [5.74, 6) is 0.524. The molecule has 1 aromatic carbocycles. The SMILES string of the molecule is Cc1nc2c(SCc3ccccc3)c(C(=O)O)cnc2n1C. The highest BCUT2D eigenvalue weighted by molar-refractivity contribution is 7.98. The van der Waals surface area contributed by atoms with Crippen molar-refractivity contribution in [3.05, 3.63) is 53.5 Å². The van der Waals surface area contributed by atoms with Gasteiger partial charge in [-0.2, -0.15) is 0 Å². The van der Waals surface area contributed by atoms with Crippen molar-refractivity contribution in [2.75, 3.05) is 0 Å². The van der Waals surface area contributed by atoms with Crippen LogP contribution in [0.3, 0.4) is 0 Å². The monoisotopic (exact) mass is 313 g/mol. The van der Waals surface area contributed by atoms with Crippen LogP contribution in [0.2, 0.25) is 0 Å². The van der Waals surface area contributed by atoms with Gasteiger partial charge in [0.1, 0.15) is 11.3 Å². The maximum Gasteiger partial charge on any atom is 0.338 e. The summed E-state index contributed by atoms with van der Waals surface area (Å²) in [7, 11) is 1.88. The Morgan fingerprint density at radius 1 is 1.32 bits per heavy atom. The number of hydrogen-bond acceptors (Lipinski definition) is 4. The molecule has 1 N–H and O–H groups in total. The van der Waals surface area contributed by atoms with E-state index in [0.29, 0.717) is 21.8 Å². The van der Waals surface area contributed by atoms with Crippen LogP contribution in [0.5, 0.6) is 0 Å². The van der Waals surface area contributed by atoms with Gasteiger partial charge in [0, 0.05) is 19.0 Å². The molecule has 2 heterocycles. The van der Waals surface area contributed by atoms with Gasteiger partial charge < -0.3 is 9.67 Å². The molecular formula is C16H15N3O2S. The average Bonchev–Trinajstić information content (AvgIpc) is 2.81. The first-order chi connectivity index (χ1) is 10.6. The molecule has 0 saturated heterocycles. The zero-order valence-corrected chi connectivity index (χ0v) is 13.1. The highest BCUT2D eigenvalue weighted by Crippen LogP contribution is 2.32. The topological polar surface area (TPSA) is 68.0 Å². The molecule has 0 spiro atoms. The number of thioether (sulfide) groups is 1. The quantitative estimate of drug-likeness (QED) is 0.749. The molecule has 112 valence electrons. The van der Waals surface area contributed by atoms with E-state index < -0.39 is 5.97 Å². The fourth-order valence-electron chi connectivity index (χ4n) is 2.24. The molecule has 3 rings (SSSR count). The number of aromatic nitrogens is 3. The highest BCUT2D eigenvalue weighted by atomic mass is 32.2. The highest BCUT2D eigenvalue weighted by Gasteiger charge is 2.19. The van der Waals surface area contributed by atoms with Crippen LogP contribution in [0, 0.1) is 6.92 Å². The zero-order chi connectivity index (χ0) is 15.7. The van der Waals surface area contributed by atoms with E-state index in [-0.39, 0.29) is 5.56 Å². The molecule has 0 aliphatic rings. The van der Waals surface area contributed by atoms with Gasteiger partial charge in [0.05, 0.1) is 10.5 Å². The van der Waals surface area contributed by atoms with Crippen LogP contribution in [-0.2, 0) is 12.8 Å². The third kappa shape index (κ3) is 2.57. The predicted octanol–water partition coefficient (Wildman–Crippen LogP) is 3.27. The molecule has 0 aliphatic heterocycles. The van der Waals surface area contributed by atoms with Gasteiger partial charge in [-0.05, 0) is 12.5 Å². The van der Waals surface area contributed by atoms with Crippen molar-refractivity contribution in [2.24, 2.45) is 7.05 Å². The third-order valence-corrected chi connectivity index (χ3v) is 4.70. The predicted molar refractivity (Wildman–Crippen MR) is 86.2 cm³/mol. The second-order valence-corrected chi connectivity index (χ2v) is 5.96. The van der Waals surface area contributed by atoms with Gasteiger partial charge in [-0.15, -0.1) is 11.8 Å². The maximum atomic E-state index is 11.5. The number of hydrogen-bond donors (Lipinski definition) is 1. The molecule has 0 fully saturated rings. The standard InChI is InChI=1S/C16H15N3O2S/c1-10-18-13-14(22-9-11-6-4-3-5-7-11)12(16(20)21)8-17-15(13)19(10)2/h3-8H,9H2,1-2H3,(H,20,21). The summed E-state index contributed by atoms with van der Waals surface area (Å²) < 4.78 is 1.87. The minimum atomic E-state index is -0.978. The van der Waals surface area contributed by atoms with Crippen LogP contribution in [0.25, 0.3) is 11.2 Å². The van der Waals surface area contributed by atoms with E-state index in [0.717, 1.165) is 11.4 Å². The van der Waals surface area contributed by atoms with Crippen LogP contribution >= 0.6 is 11.8 Å². The summed E-state index contributed by atoms with van der Waals surface area (Å²) >= 11 is 1.48. The first kappa shape index (κ1) is 14.6. The Labute approximate surface area is 132 Å². The number of carboxylic acids is 1.